The number of aromatic nitrogens is 4. The molecule has 0 spiro atoms. The number of nitrogens with zero attached hydrogens (tertiary/aromatic N) is 5. The van der Waals surface area contributed by atoms with Gasteiger partial charge in [-0.05, 0) is 93.1 Å². The Bertz CT molecular complexity index is 1510. The first-order valence-corrected chi connectivity index (χ1v) is 13.9. The number of alkyl halides is 3. The highest BCUT2D eigenvalue weighted by Gasteiger charge is 2.37. The van der Waals surface area contributed by atoms with E-state index in [1.807, 2.05) is 36.4 Å². The zero-order valence-corrected chi connectivity index (χ0v) is 22.8. The Morgan fingerprint density at radius 2 is 1.66 bits per heavy atom. The third-order valence-electron chi connectivity index (χ3n) is 7.82. The summed E-state index contributed by atoms with van der Waals surface area (Å²) in [6.07, 6.45) is 3.48. The number of methoxy groups -OCH3 is 1. The average Bonchev–Trinajstić information content (AvgIpc) is 3.61. The largest absolute Gasteiger partial charge is 0.495 e. The number of pyridine rings is 1. The second-order valence-corrected chi connectivity index (χ2v) is 10.5. The van der Waals surface area contributed by atoms with E-state index in [-0.39, 0.29) is 11.8 Å². The van der Waals surface area contributed by atoms with Crippen LogP contribution in [0.2, 0.25) is 0 Å². The highest BCUT2D eigenvalue weighted by atomic mass is 19.4. The van der Waals surface area contributed by atoms with Gasteiger partial charge in [0.15, 0.2) is 5.82 Å². The van der Waals surface area contributed by atoms with E-state index in [9.17, 15) is 13.2 Å². The topological polar surface area (TPSA) is 80.1 Å². The minimum atomic E-state index is -4.71. The highest BCUT2D eigenvalue weighted by molar-refractivity contribution is 5.67. The first-order chi connectivity index (χ1) is 19.9. The van der Waals surface area contributed by atoms with Crippen molar-refractivity contribution in [2.75, 3.05) is 30.8 Å². The van der Waals surface area contributed by atoms with Crippen molar-refractivity contribution in [1.82, 2.24) is 24.6 Å². The number of halogens is 3. The van der Waals surface area contributed by atoms with Gasteiger partial charge in [-0.3, -0.25) is 0 Å². The SMILES string of the molecule is COc1ccccc1Nc1ccnc(-n2nc(C(F)(F)F)nc2Nc2ccc3c(c2)CCC(N2CCCC2)CC3)c1. The summed E-state index contributed by atoms with van der Waals surface area (Å²) in [5, 5.41) is 10.1. The molecule has 0 amide bonds. The number of para-hydroxylation sites is 2. The molecule has 41 heavy (non-hydrogen) atoms. The number of rotatable bonds is 7. The van der Waals surface area contributed by atoms with Crippen LogP contribution in [0.15, 0.2) is 60.8 Å². The number of aryl methyl sites for hydroxylation is 2. The zero-order valence-electron chi connectivity index (χ0n) is 22.8. The molecule has 0 bridgehead atoms. The van der Waals surface area contributed by atoms with Gasteiger partial charge in [0.2, 0.25) is 5.95 Å². The molecule has 0 saturated carbocycles. The molecular formula is C30H32F3N7O. The summed E-state index contributed by atoms with van der Waals surface area (Å²) in [5.41, 5.74) is 4.49. The molecule has 1 aliphatic heterocycles. The molecule has 2 N–H and O–H groups in total. The van der Waals surface area contributed by atoms with Gasteiger partial charge in [0.1, 0.15) is 5.75 Å². The number of fused-ring (bicyclic) bond motifs is 1. The molecule has 1 fully saturated rings. The Kier molecular flexibility index (Phi) is 7.53. The van der Waals surface area contributed by atoms with E-state index in [1.165, 1.54) is 43.3 Å². The van der Waals surface area contributed by atoms with E-state index in [0.717, 1.165) is 30.4 Å². The lowest BCUT2D eigenvalue weighted by molar-refractivity contribution is -0.144. The summed E-state index contributed by atoms with van der Waals surface area (Å²) in [6, 6.07) is 17.3. The molecule has 6 rings (SSSR count). The van der Waals surface area contributed by atoms with Crippen LogP contribution in [0.1, 0.15) is 42.6 Å². The van der Waals surface area contributed by atoms with E-state index in [4.69, 9.17) is 4.74 Å². The van der Waals surface area contributed by atoms with Gasteiger partial charge in [-0.25, -0.2) is 4.98 Å². The lowest BCUT2D eigenvalue weighted by Crippen LogP contribution is -2.32. The van der Waals surface area contributed by atoms with Gasteiger partial charge in [0.05, 0.1) is 12.8 Å². The second-order valence-electron chi connectivity index (χ2n) is 10.5. The Labute approximate surface area is 236 Å². The molecule has 2 aromatic heterocycles. The molecule has 1 aliphatic carbocycles. The zero-order chi connectivity index (χ0) is 28.4. The number of hydrogen-bond acceptors (Lipinski definition) is 7. The third kappa shape index (κ3) is 6.00. The van der Waals surface area contributed by atoms with E-state index in [0.29, 0.717) is 28.9 Å². The van der Waals surface area contributed by atoms with Crippen molar-refractivity contribution in [2.24, 2.45) is 0 Å². The summed E-state index contributed by atoms with van der Waals surface area (Å²) in [6.45, 7) is 2.35. The quantitative estimate of drug-likeness (QED) is 0.248. The molecule has 214 valence electrons. The van der Waals surface area contributed by atoms with Gasteiger partial charge in [-0.15, -0.1) is 5.10 Å². The van der Waals surface area contributed by atoms with E-state index < -0.39 is 12.0 Å². The molecule has 11 heteroatoms. The summed E-state index contributed by atoms with van der Waals surface area (Å²) < 4.78 is 47.6. The molecule has 2 aliphatic rings. The minimum absolute atomic E-state index is 0.0669. The molecule has 1 atom stereocenters. The third-order valence-corrected chi connectivity index (χ3v) is 7.82. The standard InChI is InChI=1S/C30H32F3N7O/c1-41-26-7-3-2-6-25(26)35-23-14-15-34-27(19-23)40-29(37-28(38-40)30(31,32)33)36-22-11-8-20-9-12-24(13-10-21(20)18-22)39-16-4-5-17-39/h2-3,6-8,11,14-15,18-19,24H,4-5,9-10,12-13,16-17H2,1H3,(H,34,35)(H,36,37,38). The van der Waals surface area contributed by atoms with Crippen molar-refractivity contribution in [3.63, 3.8) is 0 Å². The normalized spacial score (nSPS) is 17.6. The number of anilines is 4. The van der Waals surface area contributed by atoms with Crippen LogP contribution in [0.4, 0.5) is 36.2 Å². The van der Waals surface area contributed by atoms with E-state index in [2.05, 4.69) is 36.7 Å². The van der Waals surface area contributed by atoms with Gasteiger partial charge in [0, 0.05) is 29.7 Å². The van der Waals surface area contributed by atoms with E-state index >= 15 is 0 Å². The number of likely N-dealkylation sites (tertiary alicyclic amines) is 1. The Hall–Kier alpha value is -4.12. The van der Waals surface area contributed by atoms with Gasteiger partial charge in [-0.1, -0.05) is 18.2 Å². The van der Waals surface area contributed by atoms with Crippen LogP contribution in [0, 0.1) is 0 Å². The monoisotopic (exact) mass is 563 g/mol. The molecule has 3 heterocycles. The van der Waals surface area contributed by atoms with Crippen LogP contribution in [0.5, 0.6) is 5.75 Å². The Balaban J connectivity index is 1.27. The second kappa shape index (κ2) is 11.4. The predicted octanol–water partition coefficient (Wildman–Crippen LogP) is 6.52. The first kappa shape index (κ1) is 27.1. The van der Waals surface area contributed by atoms with Crippen molar-refractivity contribution in [2.45, 2.75) is 50.7 Å². The fourth-order valence-electron chi connectivity index (χ4n) is 5.76. The van der Waals surface area contributed by atoms with Crippen LogP contribution in [-0.2, 0) is 19.0 Å². The van der Waals surface area contributed by atoms with Gasteiger partial charge >= 0.3 is 6.18 Å². The van der Waals surface area contributed by atoms with Gasteiger partial charge in [0.25, 0.3) is 5.82 Å². The summed E-state index contributed by atoms with van der Waals surface area (Å²) in [7, 11) is 1.57. The number of benzene rings is 2. The lowest BCUT2D eigenvalue weighted by atomic mass is 10.0. The first-order valence-electron chi connectivity index (χ1n) is 13.9. The molecule has 2 aromatic carbocycles. The number of hydrogen-bond donors (Lipinski definition) is 2. The molecule has 1 unspecified atom stereocenters. The van der Waals surface area contributed by atoms with Crippen molar-refractivity contribution in [3.8, 4) is 11.6 Å². The van der Waals surface area contributed by atoms with Crippen molar-refractivity contribution >= 4 is 23.0 Å². The van der Waals surface area contributed by atoms with Gasteiger partial charge < -0.3 is 20.3 Å². The van der Waals surface area contributed by atoms with Gasteiger partial charge in [-0.2, -0.15) is 22.8 Å². The summed E-state index contributed by atoms with van der Waals surface area (Å²) in [5.74, 6) is -0.502. The maximum atomic E-state index is 13.7. The molecular weight excluding hydrogens is 531 g/mol. The molecule has 8 nitrogen and oxygen atoms in total. The van der Waals surface area contributed by atoms with Crippen LogP contribution in [0.3, 0.4) is 0 Å². The van der Waals surface area contributed by atoms with E-state index in [1.54, 1.807) is 19.2 Å². The fraction of sp³-hybridized carbons (Fsp3) is 0.367. The van der Waals surface area contributed by atoms with Crippen molar-refractivity contribution in [3.05, 3.63) is 77.7 Å². The van der Waals surface area contributed by atoms with Crippen LogP contribution >= 0.6 is 0 Å². The van der Waals surface area contributed by atoms with Crippen LogP contribution < -0.4 is 15.4 Å². The van der Waals surface area contributed by atoms with Crippen LogP contribution in [0.25, 0.3) is 5.82 Å². The highest BCUT2D eigenvalue weighted by Crippen LogP contribution is 2.33. The molecule has 1 saturated heterocycles. The predicted molar refractivity (Wildman–Crippen MR) is 151 cm³/mol. The molecule has 4 aromatic rings. The summed E-state index contributed by atoms with van der Waals surface area (Å²) >= 11 is 0. The smallest absolute Gasteiger partial charge is 0.453 e. The molecule has 0 radical (unpaired) electrons. The minimum Gasteiger partial charge on any atom is -0.495 e. The van der Waals surface area contributed by atoms with Crippen molar-refractivity contribution < 1.29 is 17.9 Å². The number of ether oxygens (including phenoxy) is 1. The lowest BCUT2D eigenvalue weighted by Gasteiger charge is -2.25. The fourth-order valence-corrected chi connectivity index (χ4v) is 5.76. The maximum absolute atomic E-state index is 13.7. The Morgan fingerprint density at radius 3 is 2.44 bits per heavy atom. The summed E-state index contributed by atoms with van der Waals surface area (Å²) in [4.78, 5) is 10.7. The number of nitrogens with one attached hydrogen (secondary N) is 2. The van der Waals surface area contributed by atoms with Crippen molar-refractivity contribution in [1.29, 1.82) is 0 Å². The Morgan fingerprint density at radius 1 is 0.902 bits per heavy atom. The average molecular weight is 564 g/mol. The van der Waals surface area contributed by atoms with Crippen LogP contribution in [-0.4, -0.2) is 50.9 Å². The maximum Gasteiger partial charge on any atom is 0.453 e.